The second-order valence-corrected chi connectivity index (χ2v) is 4.60. The molecule has 0 saturated carbocycles. The second-order valence-electron chi connectivity index (χ2n) is 4.60. The number of rotatable bonds is 7. The normalized spacial score (nSPS) is 14.4. The lowest BCUT2D eigenvalue weighted by molar-refractivity contribution is 0.370. The van der Waals surface area contributed by atoms with Crippen molar-refractivity contribution in [2.24, 2.45) is 5.92 Å². The van der Waals surface area contributed by atoms with Crippen LogP contribution in [0.4, 0.5) is 0 Å². The number of methoxy groups -OCH3 is 1. The van der Waals surface area contributed by atoms with Crippen molar-refractivity contribution in [3.05, 3.63) is 29.8 Å². The molecule has 0 bridgehead atoms. The second kappa shape index (κ2) is 7.33. The molecule has 1 N–H and O–H groups in total. The van der Waals surface area contributed by atoms with Crippen molar-refractivity contribution < 1.29 is 4.74 Å². The van der Waals surface area contributed by atoms with Crippen molar-refractivity contribution in [1.29, 1.82) is 0 Å². The van der Waals surface area contributed by atoms with Crippen LogP contribution in [0.5, 0.6) is 5.75 Å². The van der Waals surface area contributed by atoms with Gasteiger partial charge in [-0.15, -0.1) is 0 Å². The van der Waals surface area contributed by atoms with E-state index in [4.69, 9.17) is 4.74 Å². The van der Waals surface area contributed by atoms with Crippen LogP contribution in [0.3, 0.4) is 0 Å². The van der Waals surface area contributed by atoms with E-state index in [0.29, 0.717) is 12.0 Å². The molecule has 0 aliphatic heterocycles. The van der Waals surface area contributed by atoms with Gasteiger partial charge in [-0.2, -0.15) is 0 Å². The third-order valence-electron chi connectivity index (χ3n) is 3.41. The summed E-state index contributed by atoms with van der Waals surface area (Å²) < 4.78 is 5.17. The van der Waals surface area contributed by atoms with Crippen molar-refractivity contribution in [2.45, 2.75) is 39.7 Å². The van der Waals surface area contributed by atoms with Crippen molar-refractivity contribution in [1.82, 2.24) is 5.32 Å². The highest BCUT2D eigenvalue weighted by Gasteiger charge is 2.14. The topological polar surface area (TPSA) is 21.3 Å². The summed E-state index contributed by atoms with van der Waals surface area (Å²) in [6.45, 7) is 7.77. The fourth-order valence-electron chi connectivity index (χ4n) is 2.04. The van der Waals surface area contributed by atoms with Crippen LogP contribution >= 0.6 is 0 Å². The molecule has 0 amide bonds. The maximum absolute atomic E-state index is 5.17. The summed E-state index contributed by atoms with van der Waals surface area (Å²) in [6.07, 6.45) is 2.31. The molecular formula is C15H25NO. The predicted octanol–water partition coefficient (Wildman–Crippen LogP) is 3.26. The van der Waals surface area contributed by atoms with Gasteiger partial charge in [0, 0.05) is 6.04 Å². The first-order chi connectivity index (χ1) is 8.21. The maximum atomic E-state index is 5.17. The van der Waals surface area contributed by atoms with Crippen LogP contribution in [0.15, 0.2) is 24.3 Å². The van der Waals surface area contributed by atoms with Gasteiger partial charge in [0.25, 0.3) is 0 Å². The number of hydrogen-bond acceptors (Lipinski definition) is 2. The molecular weight excluding hydrogens is 210 g/mol. The molecule has 2 atom stereocenters. The van der Waals surface area contributed by atoms with Crippen molar-refractivity contribution in [2.75, 3.05) is 13.7 Å². The molecule has 0 spiro atoms. The molecule has 0 fully saturated rings. The Kier molecular flexibility index (Phi) is 6.06. The highest BCUT2D eigenvalue weighted by molar-refractivity contribution is 5.27. The van der Waals surface area contributed by atoms with Crippen LogP contribution in [0.1, 0.15) is 32.8 Å². The van der Waals surface area contributed by atoms with Gasteiger partial charge in [-0.05, 0) is 36.6 Å². The van der Waals surface area contributed by atoms with Gasteiger partial charge in [-0.25, -0.2) is 0 Å². The molecule has 2 unspecified atom stereocenters. The molecule has 96 valence electrons. The average Bonchev–Trinajstić information content (AvgIpc) is 2.38. The van der Waals surface area contributed by atoms with Gasteiger partial charge in [0.1, 0.15) is 5.75 Å². The highest BCUT2D eigenvalue weighted by Crippen LogP contribution is 2.16. The van der Waals surface area contributed by atoms with Crippen LogP contribution in [0, 0.1) is 5.92 Å². The number of hydrogen-bond donors (Lipinski definition) is 1. The smallest absolute Gasteiger partial charge is 0.118 e. The van der Waals surface area contributed by atoms with E-state index < -0.39 is 0 Å². The van der Waals surface area contributed by atoms with Gasteiger partial charge in [-0.1, -0.05) is 39.3 Å². The van der Waals surface area contributed by atoms with E-state index in [9.17, 15) is 0 Å². The molecule has 17 heavy (non-hydrogen) atoms. The van der Waals surface area contributed by atoms with Crippen LogP contribution in [0.2, 0.25) is 0 Å². The summed E-state index contributed by atoms with van der Waals surface area (Å²) in [5.41, 5.74) is 1.37. The first-order valence-electron chi connectivity index (χ1n) is 6.57. The Labute approximate surface area is 105 Å². The summed E-state index contributed by atoms with van der Waals surface area (Å²) in [6, 6.07) is 8.96. The zero-order chi connectivity index (χ0) is 12.7. The minimum absolute atomic E-state index is 0.568. The number of ether oxygens (including phenoxy) is 1. The van der Waals surface area contributed by atoms with E-state index in [-0.39, 0.29) is 0 Å². The Hall–Kier alpha value is -1.02. The Morgan fingerprint density at radius 1 is 1.18 bits per heavy atom. The zero-order valence-electron chi connectivity index (χ0n) is 11.5. The van der Waals surface area contributed by atoms with Gasteiger partial charge >= 0.3 is 0 Å². The average molecular weight is 235 g/mol. The molecule has 1 aromatic rings. The molecule has 2 nitrogen and oxygen atoms in total. The van der Waals surface area contributed by atoms with E-state index in [1.165, 1.54) is 12.0 Å². The predicted molar refractivity (Wildman–Crippen MR) is 73.6 cm³/mol. The zero-order valence-corrected chi connectivity index (χ0v) is 11.5. The Morgan fingerprint density at radius 2 is 1.82 bits per heavy atom. The lowest BCUT2D eigenvalue weighted by atomic mass is 9.93. The maximum Gasteiger partial charge on any atom is 0.118 e. The van der Waals surface area contributed by atoms with Crippen LogP contribution in [-0.4, -0.2) is 19.7 Å². The number of benzene rings is 1. The lowest BCUT2D eigenvalue weighted by Gasteiger charge is -2.24. The monoisotopic (exact) mass is 235 g/mol. The Bertz CT molecular complexity index is 307. The van der Waals surface area contributed by atoms with Gasteiger partial charge in [0.05, 0.1) is 7.11 Å². The van der Waals surface area contributed by atoms with Crippen molar-refractivity contribution in [3.8, 4) is 5.75 Å². The summed E-state index contributed by atoms with van der Waals surface area (Å²) in [4.78, 5) is 0. The van der Waals surface area contributed by atoms with Crippen molar-refractivity contribution in [3.63, 3.8) is 0 Å². The highest BCUT2D eigenvalue weighted by atomic mass is 16.5. The molecule has 2 heteroatoms. The summed E-state index contributed by atoms with van der Waals surface area (Å²) in [5.74, 6) is 1.63. The molecule has 0 aromatic heterocycles. The van der Waals surface area contributed by atoms with E-state index in [1.54, 1.807) is 7.11 Å². The van der Waals surface area contributed by atoms with Crippen LogP contribution in [0.25, 0.3) is 0 Å². The fraction of sp³-hybridized carbons (Fsp3) is 0.600. The molecule has 1 rings (SSSR count). The van der Waals surface area contributed by atoms with E-state index in [1.807, 2.05) is 12.1 Å². The third kappa shape index (κ3) is 4.39. The van der Waals surface area contributed by atoms with Crippen LogP contribution in [-0.2, 0) is 6.42 Å². The molecule has 0 heterocycles. The third-order valence-corrected chi connectivity index (χ3v) is 3.41. The van der Waals surface area contributed by atoms with Gasteiger partial charge in [0.2, 0.25) is 0 Å². The SMILES string of the molecule is CCNC(Cc1ccc(OC)cc1)C(C)CC. The number of likely N-dealkylation sites (N-methyl/N-ethyl adjacent to an activating group) is 1. The fourth-order valence-corrected chi connectivity index (χ4v) is 2.04. The minimum Gasteiger partial charge on any atom is -0.497 e. The minimum atomic E-state index is 0.568. The molecule has 0 radical (unpaired) electrons. The number of nitrogens with one attached hydrogen (secondary N) is 1. The summed E-state index contributed by atoms with van der Waals surface area (Å²) >= 11 is 0. The Balaban J connectivity index is 2.64. The first kappa shape index (κ1) is 14.0. The molecule has 0 aliphatic rings. The van der Waals surface area contributed by atoms with Crippen LogP contribution < -0.4 is 10.1 Å². The van der Waals surface area contributed by atoms with Gasteiger partial charge < -0.3 is 10.1 Å². The standard InChI is InChI=1S/C15H25NO/c1-5-12(3)15(16-6-2)11-13-7-9-14(17-4)10-8-13/h7-10,12,15-16H,5-6,11H2,1-4H3. The van der Waals surface area contributed by atoms with Gasteiger partial charge in [0.15, 0.2) is 0 Å². The molecule has 1 aromatic carbocycles. The largest absolute Gasteiger partial charge is 0.497 e. The lowest BCUT2D eigenvalue weighted by Crippen LogP contribution is -2.36. The summed E-state index contributed by atoms with van der Waals surface area (Å²) in [7, 11) is 1.70. The first-order valence-corrected chi connectivity index (χ1v) is 6.57. The van der Waals surface area contributed by atoms with Crippen molar-refractivity contribution >= 4 is 0 Å². The molecule has 0 saturated heterocycles. The van der Waals surface area contributed by atoms with E-state index in [2.05, 4.69) is 38.2 Å². The Morgan fingerprint density at radius 3 is 2.29 bits per heavy atom. The molecule has 0 aliphatic carbocycles. The van der Waals surface area contributed by atoms with E-state index >= 15 is 0 Å². The van der Waals surface area contributed by atoms with E-state index in [0.717, 1.165) is 18.7 Å². The van der Waals surface area contributed by atoms with Gasteiger partial charge in [-0.3, -0.25) is 0 Å². The summed E-state index contributed by atoms with van der Waals surface area (Å²) in [5, 5.41) is 3.58. The quantitative estimate of drug-likeness (QED) is 0.783.